The molecule has 144 valence electrons. The number of hydrogen-bond donors (Lipinski definition) is 2. The molecule has 0 spiro atoms. The van der Waals surface area contributed by atoms with Crippen LogP contribution in [-0.2, 0) is 6.42 Å². The van der Waals surface area contributed by atoms with E-state index in [1.165, 1.54) is 82.7 Å². The molecule has 0 bridgehead atoms. The van der Waals surface area contributed by atoms with Crippen molar-refractivity contribution in [1.82, 2.24) is 4.98 Å². The van der Waals surface area contributed by atoms with Crippen molar-refractivity contribution in [3.8, 4) is 0 Å². The number of aromatic carboxylic acids is 1. The second-order valence-corrected chi connectivity index (χ2v) is 7.54. The number of carbonyl (C=O) groups is 1. The van der Waals surface area contributed by atoms with Crippen LogP contribution >= 0.6 is 0 Å². The second-order valence-electron chi connectivity index (χ2n) is 7.54. The molecule has 0 amide bonds. The number of aromatic nitrogens is 1. The minimum atomic E-state index is -0.865. The average molecular weight is 358 g/mol. The van der Waals surface area contributed by atoms with E-state index in [-0.39, 0.29) is 0 Å². The maximum Gasteiger partial charge on any atom is 0.335 e. The number of nitrogens with one attached hydrogen (secondary N) is 1. The molecule has 0 saturated heterocycles. The monoisotopic (exact) mass is 357 g/mol. The smallest absolute Gasteiger partial charge is 0.335 e. The highest BCUT2D eigenvalue weighted by Crippen LogP contribution is 2.19. The number of carboxylic acid groups (broad SMARTS) is 1. The highest BCUT2D eigenvalue weighted by molar-refractivity contribution is 5.93. The van der Waals surface area contributed by atoms with Gasteiger partial charge in [0.1, 0.15) is 0 Å². The van der Waals surface area contributed by atoms with Gasteiger partial charge < -0.3 is 10.1 Å². The molecule has 2 N–H and O–H groups in total. The Hall–Kier alpha value is -1.77. The van der Waals surface area contributed by atoms with Crippen LogP contribution in [0.3, 0.4) is 0 Å². The SMILES string of the molecule is CCCCCCCCCCCCCCc1cc2cc(C(=O)O)ccc2[nH]1. The third-order valence-corrected chi connectivity index (χ3v) is 5.22. The third-order valence-electron chi connectivity index (χ3n) is 5.22. The molecule has 0 atom stereocenters. The topological polar surface area (TPSA) is 53.1 Å². The maximum absolute atomic E-state index is 11.0. The van der Waals surface area contributed by atoms with Crippen LogP contribution in [-0.4, -0.2) is 16.1 Å². The predicted octanol–water partition coefficient (Wildman–Crippen LogP) is 7.11. The van der Waals surface area contributed by atoms with Crippen molar-refractivity contribution in [2.75, 3.05) is 0 Å². The first-order valence-corrected chi connectivity index (χ1v) is 10.6. The van der Waals surface area contributed by atoms with Gasteiger partial charge in [0.05, 0.1) is 5.56 Å². The molecule has 1 aromatic heterocycles. The summed E-state index contributed by atoms with van der Waals surface area (Å²) in [6.45, 7) is 2.27. The summed E-state index contributed by atoms with van der Waals surface area (Å²) in [7, 11) is 0. The second kappa shape index (κ2) is 11.8. The zero-order chi connectivity index (χ0) is 18.6. The summed E-state index contributed by atoms with van der Waals surface area (Å²) in [5.74, 6) is -0.865. The summed E-state index contributed by atoms with van der Waals surface area (Å²) >= 11 is 0. The number of fused-ring (bicyclic) bond motifs is 1. The Bertz CT molecular complexity index is 659. The summed E-state index contributed by atoms with van der Waals surface area (Å²) in [5, 5.41) is 10.1. The van der Waals surface area contributed by atoms with Crippen molar-refractivity contribution in [2.24, 2.45) is 0 Å². The number of aromatic amines is 1. The summed E-state index contributed by atoms with van der Waals surface area (Å²) in [6.07, 6.45) is 17.4. The van der Waals surface area contributed by atoms with Crippen LogP contribution in [0.15, 0.2) is 24.3 Å². The zero-order valence-corrected chi connectivity index (χ0v) is 16.4. The fourth-order valence-electron chi connectivity index (χ4n) is 3.62. The molecular formula is C23H35NO2. The summed E-state index contributed by atoms with van der Waals surface area (Å²) in [6, 6.07) is 7.37. The Kier molecular flexibility index (Phi) is 9.30. The maximum atomic E-state index is 11.0. The van der Waals surface area contributed by atoms with Crippen molar-refractivity contribution < 1.29 is 9.90 Å². The van der Waals surface area contributed by atoms with E-state index in [0.29, 0.717) is 5.56 Å². The van der Waals surface area contributed by atoms with Gasteiger partial charge in [-0.3, -0.25) is 0 Å². The normalized spacial score (nSPS) is 11.3. The number of unbranched alkanes of at least 4 members (excludes halogenated alkanes) is 11. The van der Waals surface area contributed by atoms with E-state index in [1.54, 1.807) is 12.1 Å². The van der Waals surface area contributed by atoms with E-state index in [4.69, 9.17) is 5.11 Å². The molecule has 3 nitrogen and oxygen atoms in total. The first-order chi connectivity index (χ1) is 12.7. The molecule has 0 aliphatic heterocycles. The summed E-state index contributed by atoms with van der Waals surface area (Å²) < 4.78 is 0. The largest absolute Gasteiger partial charge is 0.478 e. The van der Waals surface area contributed by atoms with Crippen LogP contribution in [0.1, 0.15) is 100 Å². The summed E-state index contributed by atoms with van der Waals surface area (Å²) in [4.78, 5) is 14.4. The minimum absolute atomic E-state index is 0.355. The highest BCUT2D eigenvalue weighted by Gasteiger charge is 2.06. The van der Waals surface area contributed by atoms with E-state index in [9.17, 15) is 4.79 Å². The van der Waals surface area contributed by atoms with Crippen molar-refractivity contribution in [1.29, 1.82) is 0 Å². The van der Waals surface area contributed by atoms with Gasteiger partial charge >= 0.3 is 5.97 Å². The molecule has 3 heteroatoms. The number of hydrogen-bond acceptors (Lipinski definition) is 1. The molecule has 2 aromatic rings. The van der Waals surface area contributed by atoms with Gasteiger partial charge in [-0.25, -0.2) is 4.79 Å². The van der Waals surface area contributed by atoms with Gasteiger partial charge in [0.25, 0.3) is 0 Å². The fourth-order valence-corrected chi connectivity index (χ4v) is 3.62. The average Bonchev–Trinajstić information content (AvgIpc) is 3.04. The van der Waals surface area contributed by atoms with Crippen LogP contribution in [0.2, 0.25) is 0 Å². The molecular weight excluding hydrogens is 322 g/mol. The first kappa shape index (κ1) is 20.5. The van der Waals surface area contributed by atoms with Gasteiger partial charge in [-0.15, -0.1) is 0 Å². The lowest BCUT2D eigenvalue weighted by Crippen LogP contribution is -1.94. The van der Waals surface area contributed by atoms with Crippen molar-refractivity contribution >= 4 is 16.9 Å². The standard InChI is InChI=1S/C23H35NO2/c1-2-3-4-5-6-7-8-9-10-11-12-13-14-21-18-20-17-19(23(25)26)15-16-22(20)24-21/h15-18,24H,2-14H2,1H3,(H,25,26). The third kappa shape index (κ3) is 7.23. The first-order valence-electron chi connectivity index (χ1n) is 10.6. The van der Waals surface area contributed by atoms with E-state index in [0.717, 1.165) is 17.3 Å². The van der Waals surface area contributed by atoms with Crippen molar-refractivity contribution in [2.45, 2.75) is 90.4 Å². The number of aryl methyl sites for hydroxylation is 1. The Labute approximate surface area is 158 Å². The van der Waals surface area contributed by atoms with Crippen LogP contribution in [0, 0.1) is 0 Å². The van der Waals surface area contributed by atoms with Crippen molar-refractivity contribution in [3.05, 3.63) is 35.5 Å². The molecule has 0 radical (unpaired) electrons. The van der Waals surface area contributed by atoms with Crippen LogP contribution in [0.4, 0.5) is 0 Å². The Morgan fingerprint density at radius 3 is 2.00 bits per heavy atom. The molecule has 26 heavy (non-hydrogen) atoms. The summed E-state index contributed by atoms with van der Waals surface area (Å²) in [5.41, 5.74) is 2.60. The molecule has 1 heterocycles. The molecule has 1 aromatic carbocycles. The fraction of sp³-hybridized carbons (Fsp3) is 0.609. The molecule has 2 rings (SSSR count). The zero-order valence-electron chi connectivity index (χ0n) is 16.4. The van der Waals surface area contributed by atoms with E-state index >= 15 is 0 Å². The number of benzene rings is 1. The van der Waals surface area contributed by atoms with Gasteiger partial charge in [-0.1, -0.05) is 77.6 Å². The molecule has 0 aliphatic rings. The van der Waals surface area contributed by atoms with Gasteiger partial charge in [0.2, 0.25) is 0 Å². The van der Waals surface area contributed by atoms with E-state index in [1.807, 2.05) is 6.07 Å². The molecule has 0 saturated carbocycles. The van der Waals surface area contributed by atoms with Gasteiger partial charge in [0, 0.05) is 16.6 Å². The molecule has 0 aliphatic carbocycles. The van der Waals surface area contributed by atoms with E-state index in [2.05, 4.69) is 18.0 Å². The number of rotatable bonds is 14. The minimum Gasteiger partial charge on any atom is -0.478 e. The van der Waals surface area contributed by atoms with Crippen molar-refractivity contribution in [3.63, 3.8) is 0 Å². The lowest BCUT2D eigenvalue weighted by molar-refractivity contribution is 0.0697. The highest BCUT2D eigenvalue weighted by atomic mass is 16.4. The molecule has 0 unspecified atom stereocenters. The predicted molar refractivity (Wildman–Crippen MR) is 110 cm³/mol. The molecule has 0 fully saturated rings. The Morgan fingerprint density at radius 2 is 1.42 bits per heavy atom. The van der Waals surface area contributed by atoms with E-state index < -0.39 is 5.97 Å². The number of carboxylic acids is 1. The van der Waals surface area contributed by atoms with Gasteiger partial charge in [-0.2, -0.15) is 0 Å². The quantitative estimate of drug-likeness (QED) is 0.354. The Morgan fingerprint density at radius 1 is 0.846 bits per heavy atom. The lowest BCUT2D eigenvalue weighted by Gasteiger charge is -2.02. The van der Waals surface area contributed by atoms with Crippen LogP contribution < -0.4 is 0 Å². The lowest BCUT2D eigenvalue weighted by atomic mass is 10.0. The number of H-pyrrole nitrogens is 1. The van der Waals surface area contributed by atoms with Crippen LogP contribution in [0.25, 0.3) is 10.9 Å². The Balaban J connectivity index is 1.53. The van der Waals surface area contributed by atoms with Gasteiger partial charge in [0.15, 0.2) is 0 Å². The van der Waals surface area contributed by atoms with Gasteiger partial charge in [-0.05, 0) is 37.1 Å². The van der Waals surface area contributed by atoms with Crippen LogP contribution in [0.5, 0.6) is 0 Å².